The summed E-state index contributed by atoms with van der Waals surface area (Å²) in [7, 11) is 0. The van der Waals surface area contributed by atoms with Crippen molar-refractivity contribution in [3.8, 4) is 0 Å². The molecule has 0 fully saturated rings. The zero-order valence-electron chi connectivity index (χ0n) is 13.9. The summed E-state index contributed by atoms with van der Waals surface area (Å²) in [6.45, 7) is -5.82. The SMILES string of the molecule is OCC(O)COCCOCOCC(F)(F)OC(F)(F)COCC(O)CO. The third kappa shape index (κ3) is 14.5. The van der Waals surface area contributed by atoms with E-state index in [0.29, 0.717) is 0 Å². The second kappa shape index (κ2) is 13.5. The predicted molar refractivity (Wildman–Crippen MR) is 75.6 cm³/mol. The standard InChI is InChI=1S/C13H24F4O9/c14-12(15,7-24-6-11(21)4-19)26-13(16,17)8-25-9-23-2-1-22-5-10(20)3-18/h10-11,18-21H,1-9H2. The van der Waals surface area contributed by atoms with E-state index in [-0.39, 0.29) is 19.8 Å². The molecule has 0 spiro atoms. The van der Waals surface area contributed by atoms with Gasteiger partial charge in [0.25, 0.3) is 0 Å². The highest BCUT2D eigenvalue weighted by atomic mass is 19.3. The highest BCUT2D eigenvalue weighted by Gasteiger charge is 2.44. The van der Waals surface area contributed by atoms with Crippen LogP contribution in [0.1, 0.15) is 0 Å². The maximum absolute atomic E-state index is 13.2. The van der Waals surface area contributed by atoms with Crippen molar-refractivity contribution in [3.05, 3.63) is 0 Å². The number of hydrogen-bond acceptors (Lipinski definition) is 9. The van der Waals surface area contributed by atoms with Crippen LogP contribution in [0.3, 0.4) is 0 Å². The summed E-state index contributed by atoms with van der Waals surface area (Å²) in [5.74, 6) is 0. The van der Waals surface area contributed by atoms with Crippen LogP contribution in [-0.4, -0.2) is 104 Å². The van der Waals surface area contributed by atoms with Crippen LogP contribution in [0.5, 0.6) is 0 Å². The summed E-state index contributed by atoms with van der Waals surface area (Å²) in [5.41, 5.74) is 0. The predicted octanol–water partition coefficient (Wildman–Crippen LogP) is -1.08. The molecule has 0 aliphatic heterocycles. The largest absolute Gasteiger partial charge is 0.394 e. The van der Waals surface area contributed by atoms with Crippen LogP contribution >= 0.6 is 0 Å². The molecule has 0 radical (unpaired) electrons. The summed E-state index contributed by atoms with van der Waals surface area (Å²) in [5, 5.41) is 34.8. The van der Waals surface area contributed by atoms with Gasteiger partial charge in [-0.2, -0.15) is 17.6 Å². The van der Waals surface area contributed by atoms with Crippen molar-refractivity contribution in [2.45, 2.75) is 24.4 Å². The van der Waals surface area contributed by atoms with Crippen LogP contribution in [-0.2, 0) is 23.7 Å². The van der Waals surface area contributed by atoms with Gasteiger partial charge in [-0.05, 0) is 0 Å². The second-order valence-electron chi connectivity index (χ2n) is 5.01. The lowest BCUT2D eigenvalue weighted by molar-refractivity contribution is -0.396. The molecule has 0 aromatic heterocycles. The molecular formula is C13H24F4O9. The van der Waals surface area contributed by atoms with Crippen molar-refractivity contribution in [1.29, 1.82) is 0 Å². The number of aliphatic hydroxyl groups excluding tert-OH is 4. The third-order valence-corrected chi connectivity index (χ3v) is 2.42. The Labute approximate surface area is 147 Å². The van der Waals surface area contributed by atoms with Gasteiger partial charge in [0.2, 0.25) is 0 Å². The van der Waals surface area contributed by atoms with Crippen molar-refractivity contribution in [3.63, 3.8) is 0 Å². The van der Waals surface area contributed by atoms with E-state index < -0.39 is 64.3 Å². The fourth-order valence-electron chi connectivity index (χ4n) is 1.31. The molecule has 0 bridgehead atoms. The lowest BCUT2D eigenvalue weighted by Gasteiger charge is -2.23. The molecule has 0 rings (SSSR count). The van der Waals surface area contributed by atoms with Crippen LogP contribution in [0.25, 0.3) is 0 Å². The molecule has 0 saturated carbocycles. The first-order valence-electron chi connectivity index (χ1n) is 7.46. The zero-order chi connectivity index (χ0) is 20.1. The van der Waals surface area contributed by atoms with Crippen molar-refractivity contribution in [2.75, 3.05) is 59.6 Å². The number of aliphatic hydroxyl groups is 4. The van der Waals surface area contributed by atoms with Crippen LogP contribution in [0.4, 0.5) is 17.6 Å². The first-order valence-corrected chi connectivity index (χ1v) is 7.46. The van der Waals surface area contributed by atoms with Crippen LogP contribution in [0.2, 0.25) is 0 Å². The lowest BCUT2D eigenvalue weighted by atomic mass is 10.4. The van der Waals surface area contributed by atoms with Crippen LogP contribution < -0.4 is 0 Å². The average Bonchev–Trinajstić information content (AvgIpc) is 2.55. The smallest absolute Gasteiger partial charge is 0.383 e. The molecule has 0 aliphatic rings. The Morgan fingerprint density at radius 2 is 1.15 bits per heavy atom. The highest BCUT2D eigenvalue weighted by Crippen LogP contribution is 2.27. The molecule has 0 aliphatic carbocycles. The van der Waals surface area contributed by atoms with Crippen molar-refractivity contribution >= 4 is 0 Å². The molecule has 9 nitrogen and oxygen atoms in total. The van der Waals surface area contributed by atoms with Gasteiger partial charge in [-0.1, -0.05) is 0 Å². The minimum absolute atomic E-state index is 0.0115. The van der Waals surface area contributed by atoms with Gasteiger partial charge < -0.3 is 39.4 Å². The number of halogens is 4. The Balaban J connectivity index is 3.82. The molecule has 13 heteroatoms. The fourth-order valence-corrected chi connectivity index (χ4v) is 1.31. The van der Waals surface area contributed by atoms with E-state index in [1.807, 2.05) is 0 Å². The number of alkyl halides is 4. The molecular weight excluding hydrogens is 376 g/mol. The molecule has 0 aromatic rings. The molecule has 26 heavy (non-hydrogen) atoms. The minimum atomic E-state index is -4.34. The van der Waals surface area contributed by atoms with Gasteiger partial charge in [0.05, 0.1) is 39.6 Å². The Bertz CT molecular complexity index is 350. The fraction of sp³-hybridized carbons (Fsp3) is 1.00. The Kier molecular flexibility index (Phi) is 13.2. The summed E-state index contributed by atoms with van der Waals surface area (Å²) < 4.78 is 74.3. The average molecular weight is 400 g/mol. The zero-order valence-corrected chi connectivity index (χ0v) is 13.9. The molecule has 158 valence electrons. The Morgan fingerprint density at radius 1 is 0.692 bits per heavy atom. The lowest BCUT2D eigenvalue weighted by Crippen LogP contribution is -2.40. The van der Waals surface area contributed by atoms with Gasteiger partial charge >= 0.3 is 12.2 Å². The molecule has 4 N–H and O–H groups in total. The van der Waals surface area contributed by atoms with E-state index in [9.17, 15) is 17.6 Å². The summed E-state index contributed by atoms with van der Waals surface area (Å²) in [4.78, 5) is 0. The van der Waals surface area contributed by atoms with Gasteiger partial charge in [0.15, 0.2) is 0 Å². The van der Waals surface area contributed by atoms with Gasteiger partial charge in [0, 0.05) is 0 Å². The normalized spacial score (nSPS) is 15.2. The van der Waals surface area contributed by atoms with Crippen molar-refractivity contribution < 1.29 is 61.7 Å². The van der Waals surface area contributed by atoms with E-state index in [2.05, 4.69) is 14.2 Å². The Morgan fingerprint density at radius 3 is 1.69 bits per heavy atom. The maximum atomic E-state index is 13.2. The molecule has 0 heterocycles. The molecule has 2 atom stereocenters. The van der Waals surface area contributed by atoms with Gasteiger partial charge in [-0.15, -0.1) is 0 Å². The highest BCUT2D eigenvalue weighted by molar-refractivity contribution is 4.59. The van der Waals surface area contributed by atoms with Crippen LogP contribution in [0.15, 0.2) is 0 Å². The van der Waals surface area contributed by atoms with E-state index in [0.717, 1.165) is 0 Å². The summed E-state index contributed by atoms with van der Waals surface area (Å²) >= 11 is 0. The van der Waals surface area contributed by atoms with E-state index in [4.69, 9.17) is 29.9 Å². The van der Waals surface area contributed by atoms with Gasteiger partial charge in [-0.25, -0.2) is 0 Å². The van der Waals surface area contributed by atoms with Crippen LogP contribution in [0, 0.1) is 0 Å². The molecule has 0 saturated heterocycles. The molecule has 2 unspecified atom stereocenters. The molecule has 0 aromatic carbocycles. The van der Waals surface area contributed by atoms with Gasteiger partial charge in [0.1, 0.15) is 32.2 Å². The number of hydrogen-bond donors (Lipinski definition) is 4. The topological polar surface area (TPSA) is 127 Å². The number of ether oxygens (including phenoxy) is 5. The monoisotopic (exact) mass is 400 g/mol. The summed E-state index contributed by atoms with van der Waals surface area (Å²) in [6, 6.07) is 0. The molecule has 0 amide bonds. The van der Waals surface area contributed by atoms with Gasteiger partial charge in [-0.3, -0.25) is 4.74 Å². The van der Waals surface area contributed by atoms with Crippen molar-refractivity contribution in [1.82, 2.24) is 0 Å². The summed E-state index contributed by atoms with van der Waals surface area (Å²) in [6.07, 6.45) is -11.1. The first-order chi connectivity index (χ1) is 12.1. The van der Waals surface area contributed by atoms with E-state index in [1.165, 1.54) is 0 Å². The number of rotatable bonds is 17. The van der Waals surface area contributed by atoms with E-state index >= 15 is 0 Å². The quantitative estimate of drug-likeness (QED) is 0.137. The second-order valence-corrected chi connectivity index (χ2v) is 5.01. The Hall–Kier alpha value is -0.640. The van der Waals surface area contributed by atoms with Crippen molar-refractivity contribution in [2.24, 2.45) is 0 Å². The first kappa shape index (κ1) is 25.4. The third-order valence-electron chi connectivity index (χ3n) is 2.42. The van der Waals surface area contributed by atoms with E-state index in [1.54, 1.807) is 0 Å². The maximum Gasteiger partial charge on any atom is 0.383 e. The minimum Gasteiger partial charge on any atom is -0.394 e.